The van der Waals surface area contributed by atoms with Crippen LogP contribution in [0, 0.1) is 0 Å². The molecular weight excluding hydrogens is 213 g/mol. The van der Waals surface area contributed by atoms with E-state index in [2.05, 4.69) is 4.74 Å². The molecule has 84 valence electrons. The second-order valence-corrected chi connectivity index (χ2v) is 2.35. The van der Waals surface area contributed by atoms with Crippen LogP contribution in [0.1, 0.15) is 5.56 Å². The molecule has 1 N–H and O–H groups in total. The Hall–Kier alpha value is -1.72. The molecule has 6 heteroatoms. The summed E-state index contributed by atoms with van der Waals surface area (Å²) in [5.41, 5.74) is -1.000. The van der Waals surface area contributed by atoms with Crippen molar-refractivity contribution in [2.45, 2.75) is 6.18 Å². The maximum Gasteiger partial charge on any atom is 0.419 e. The quantitative estimate of drug-likeness (QED) is 0.741. The van der Waals surface area contributed by atoms with Crippen molar-refractivity contribution >= 4 is 6.47 Å². The van der Waals surface area contributed by atoms with Crippen LogP contribution in [0.4, 0.5) is 13.2 Å². The van der Waals surface area contributed by atoms with Crippen LogP contribution in [0.15, 0.2) is 24.3 Å². The molecule has 1 aromatic carbocycles. The number of rotatable bonds is 1. The molecular formula is C9H9F3O3. The van der Waals surface area contributed by atoms with E-state index < -0.39 is 17.5 Å². The number of phenolic OH excluding ortho intramolecular Hbond substituents is 1. The molecule has 1 rings (SSSR count). The number of phenols is 1. The average molecular weight is 222 g/mol. The largest absolute Gasteiger partial charge is 0.507 e. The van der Waals surface area contributed by atoms with Crippen molar-refractivity contribution in [3.8, 4) is 5.75 Å². The molecule has 0 aliphatic carbocycles. The van der Waals surface area contributed by atoms with Crippen molar-refractivity contribution in [1.82, 2.24) is 0 Å². The fourth-order valence-corrected chi connectivity index (χ4v) is 0.713. The summed E-state index contributed by atoms with van der Waals surface area (Å²) in [5, 5.41) is 8.73. The van der Waals surface area contributed by atoms with Gasteiger partial charge in [-0.25, -0.2) is 0 Å². The van der Waals surface area contributed by atoms with Crippen LogP contribution in [0.5, 0.6) is 5.75 Å². The van der Waals surface area contributed by atoms with Crippen LogP contribution in [0.25, 0.3) is 0 Å². The van der Waals surface area contributed by atoms with Gasteiger partial charge in [0.2, 0.25) is 0 Å². The van der Waals surface area contributed by atoms with Crippen LogP contribution < -0.4 is 0 Å². The highest BCUT2D eigenvalue weighted by Gasteiger charge is 2.33. The van der Waals surface area contributed by atoms with Crippen LogP contribution in [-0.2, 0) is 15.7 Å². The Morgan fingerprint density at radius 2 is 1.80 bits per heavy atom. The van der Waals surface area contributed by atoms with Gasteiger partial charge in [-0.05, 0) is 12.1 Å². The maximum atomic E-state index is 11.9. The van der Waals surface area contributed by atoms with Crippen LogP contribution >= 0.6 is 0 Å². The minimum atomic E-state index is -4.47. The third-order valence-electron chi connectivity index (χ3n) is 1.31. The first-order chi connectivity index (χ1) is 6.93. The van der Waals surface area contributed by atoms with Gasteiger partial charge in [-0.1, -0.05) is 12.1 Å². The van der Waals surface area contributed by atoms with Gasteiger partial charge in [0.25, 0.3) is 6.47 Å². The standard InChI is InChI=1S/C7H5F3O.C2H4O2/c8-7(9,10)5-3-1-2-4-6(5)11;1-4-2-3/h1-4,11H;2H,1H3. The van der Waals surface area contributed by atoms with Crippen molar-refractivity contribution in [3.05, 3.63) is 29.8 Å². The number of aromatic hydroxyl groups is 1. The molecule has 0 saturated heterocycles. The van der Waals surface area contributed by atoms with Gasteiger partial charge in [0.15, 0.2) is 0 Å². The first kappa shape index (κ1) is 13.3. The second kappa shape index (κ2) is 5.90. The number of ether oxygens (including phenoxy) is 1. The number of hydrogen-bond donors (Lipinski definition) is 1. The van der Waals surface area contributed by atoms with Gasteiger partial charge in [0.05, 0.1) is 12.7 Å². The topological polar surface area (TPSA) is 46.5 Å². The fraction of sp³-hybridized carbons (Fsp3) is 0.222. The van der Waals surface area contributed by atoms with Crippen molar-refractivity contribution in [1.29, 1.82) is 0 Å². The van der Waals surface area contributed by atoms with Crippen LogP contribution in [-0.4, -0.2) is 18.7 Å². The molecule has 0 aromatic heterocycles. The van der Waals surface area contributed by atoms with Gasteiger partial charge in [0, 0.05) is 0 Å². The Balaban J connectivity index is 0.000000423. The lowest BCUT2D eigenvalue weighted by Crippen LogP contribution is -2.04. The molecule has 3 nitrogen and oxygen atoms in total. The molecule has 0 aliphatic heterocycles. The van der Waals surface area contributed by atoms with E-state index in [9.17, 15) is 13.2 Å². The van der Waals surface area contributed by atoms with E-state index in [1.165, 1.54) is 19.2 Å². The fourth-order valence-electron chi connectivity index (χ4n) is 0.713. The summed E-state index contributed by atoms with van der Waals surface area (Å²) in [5.74, 6) is -0.736. The summed E-state index contributed by atoms with van der Waals surface area (Å²) < 4.78 is 39.5. The molecule has 0 saturated carbocycles. The monoisotopic (exact) mass is 222 g/mol. The molecule has 0 atom stereocenters. The molecule has 0 bridgehead atoms. The Bertz CT molecular complexity index is 310. The predicted molar refractivity (Wildman–Crippen MR) is 46.2 cm³/mol. The van der Waals surface area contributed by atoms with E-state index in [0.717, 1.165) is 12.1 Å². The Morgan fingerprint density at radius 3 is 2.07 bits per heavy atom. The van der Waals surface area contributed by atoms with Crippen molar-refractivity contribution < 1.29 is 27.8 Å². The zero-order valence-electron chi connectivity index (χ0n) is 7.78. The summed E-state index contributed by atoms with van der Waals surface area (Å²) in [4.78, 5) is 8.95. The van der Waals surface area contributed by atoms with E-state index in [1.54, 1.807) is 0 Å². The summed E-state index contributed by atoms with van der Waals surface area (Å²) in [6, 6.07) is 4.39. The summed E-state index contributed by atoms with van der Waals surface area (Å²) in [6.45, 7) is 0.375. The zero-order chi connectivity index (χ0) is 11.9. The van der Waals surface area contributed by atoms with Gasteiger partial charge in [-0.2, -0.15) is 13.2 Å². The number of benzene rings is 1. The molecule has 0 radical (unpaired) electrons. The minimum Gasteiger partial charge on any atom is -0.507 e. The van der Waals surface area contributed by atoms with Crippen LogP contribution in [0.2, 0.25) is 0 Å². The smallest absolute Gasteiger partial charge is 0.419 e. The Kier molecular flexibility index (Phi) is 5.22. The predicted octanol–water partition coefficient (Wildman–Crippen LogP) is 2.20. The first-order valence-electron chi connectivity index (χ1n) is 3.75. The Labute approximate surface area is 84.1 Å². The van der Waals surface area contributed by atoms with Gasteiger partial charge < -0.3 is 9.84 Å². The molecule has 1 aromatic rings. The van der Waals surface area contributed by atoms with E-state index in [1.807, 2.05) is 0 Å². The van der Waals surface area contributed by atoms with Crippen molar-refractivity contribution in [2.24, 2.45) is 0 Å². The van der Waals surface area contributed by atoms with Gasteiger partial charge in [0.1, 0.15) is 5.75 Å². The van der Waals surface area contributed by atoms with E-state index in [0.29, 0.717) is 6.47 Å². The number of carbonyl (C=O) groups excluding carboxylic acids is 1. The number of methoxy groups -OCH3 is 1. The SMILES string of the molecule is COC=O.Oc1ccccc1C(F)(F)F. The molecule has 0 heterocycles. The summed E-state index contributed by atoms with van der Waals surface area (Å²) in [7, 11) is 1.31. The zero-order valence-corrected chi connectivity index (χ0v) is 7.78. The number of para-hydroxylation sites is 1. The summed E-state index contributed by atoms with van der Waals surface area (Å²) >= 11 is 0. The van der Waals surface area contributed by atoms with Crippen molar-refractivity contribution in [3.63, 3.8) is 0 Å². The molecule has 0 aliphatic rings. The van der Waals surface area contributed by atoms with Crippen molar-refractivity contribution in [2.75, 3.05) is 7.11 Å². The average Bonchev–Trinajstić information content (AvgIpc) is 2.17. The Morgan fingerprint density at radius 1 is 1.33 bits per heavy atom. The molecule has 0 fully saturated rings. The molecule has 0 spiro atoms. The number of halogens is 3. The first-order valence-corrected chi connectivity index (χ1v) is 3.75. The summed E-state index contributed by atoms with van der Waals surface area (Å²) in [6.07, 6.45) is -4.47. The van der Waals surface area contributed by atoms with E-state index in [-0.39, 0.29) is 0 Å². The molecule has 15 heavy (non-hydrogen) atoms. The highest BCUT2D eigenvalue weighted by molar-refractivity contribution is 5.36. The third-order valence-corrected chi connectivity index (χ3v) is 1.31. The van der Waals surface area contributed by atoms with E-state index >= 15 is 0 Å². The normalized spacial score (nSPS) is 9.87. The molecule has 0 unspecified atom stereocenters. The number of alkyl halides is 3. The highest BCUT2D eigenvalue weighted by atomic mass is 19.4. The van der Waals surface area contributed by atoms with Gasteiger partial charge in [-0.15, -0.1) is 0 Å². The maximum absolute atomic E-state index is 11.9. The third kappa shape index (κ3) is 4.90. The number of hydrogen-bond acceptors (Lipinski definition) is 3. The highest BCUT2D eigenvalue weighted by Crippen LogP contribution is 2.34. The lowest BCUT2D eigenvalue weighted by Gasteiger charge is -2.06. The second-order valence-electron chi connectivity index (χ2n) is 2.35. The number of carbonyl (C=O) groups is 1. The minimum absolute atomic E-state index is 0.375. The molecule has 0 amide bonds. The van der Waals surface area contributed by atoms with Gasteiger partial charge in [-0.3, -0.25) is 4.79 Å². The van der Waals surface area contributed by atoms with Crippen LogP contribution in [0.3, 0.4) is 0 Å². The lowest BCUT2D eigenvalue weighted by molar-refractivity contribution is -0.138. The lowest BCUT2D eigenvalue weighted by atomic mass is 10.2. The van der Waals surface area contributed by atoms with Gasteiger partial charge >= 0.3 is 6.18 Å². The van der Waals surface area contributed by atoms with E-state index in [4.69, 9.17) is 9.90 Å².